The van der Waals surface area contributed by atoms with Gasteiger partial charge in [0.05, 0.1) is 0 Å². The minimum atomic E-state index is 0. The zero-order chi connectivity index (χ0) is 0. The van der Waals surface area contributed by atoms with Gasteiger partial charge in [0.25, 0.3) is 0 Å². The van der Waals surface area contributed by atoms with Gasteiger partial charge in [-0.15, -0.1) is 0 Å². The maximum atomic E-state index is 0. The van der Waals surface area contributed by atoms with E-state index >= 15 is 0 Å². The minimum absolute atomic E-state index is 0. The van der Waals surface area contributed by atoms with Crippen molar-refractivity contribution >= 4 is 71.9 Å². The van der Waals surface area contributed by atoms with Gasteiger partial charge in [-0.25, -0.2) is 0 Å². The second-order valence-corrected chi connectivity index (χ2v) is 0. The van der Waals surface area contributed by atoms with Crippen LogP contribution in [0.25, 0.3) is 0 Å². The normalized spacial score (nSPS) is 0. The topological polar surface area (TPSA) is 28.5 Å². The molecule has 0 saturated heterocycles. The summed E-state index contributed by atoms with van der Waals surface area (Å²) in [6.45, 7) is 0. The summed E-state index contributed by atoms with van der Waals surface area (Å²) >= 11 is 0. The molecule has 0 bridgehead atoms. The fraction of sp³-hybridized carbons (Fsp3) is 0. The van der Waals surface area contributed by atoms with Gasteiger partial charge in [-0.1, -0.05) is 0 Å². The first-order chi connectivity index (χ1) is 0. The Morgan fingerprint density at radius 1 is 1.00 bits per heavy atom. The molecule has 0 spiro atoms. The van der Waals surface area contributed by atoms with E-state index in [0.29, 0.717) is 0 Å². The van der Waals surface area contributed by atoms with Crippen LogP contribution in [-0.2, 0) is 39.9 Å². The molecule has 1 nitrogen and oxygen atoms in total. The maximum absolute atomic E-state index is 0. The van der Waals surface area contributed by atoms with Gasteiger partial charge in [0.1, 0.15) is 0 Å². The molecule has 0 heterocycles. The van der Waals surface area contributed by atoms with E-state index in [4.69, 9.17) is 0 Å². The Balaban J connectivity index is 0. The van der Waals surface area contributed by atoms with E-state index < -0.39 is 0 Å². The third kappa shape index (κ3) is 18.7. The third-order valence-corrected chi connectivity index (χ3v) is 0. The second kappa shape index (κ2) is 26.4. The van der Waals surface area contributed by atoms with Crippen LogP contribution in [0, 0.1) is 0 Å². The molecule has 0 N–H and O–H groups in total. The van der Waals surface area contributed by atoms with E-state index in [2.05, 4.69) is 0 Å². The summed E-state index contributed by atoms with van der Waals surface area (Å²) in [6.07, 6.45) is 0. The van der Waals surface area contributed by atoms with Gasteiger partial charge >= 0.3 is 71.9 Å². The molecular formula is H2BaCrCuMgO. The van der Waals surface area contributed by atoms with Crippen LogP contribution in [0.4, 0.5) is 0 Å². The predicted molar refractivity (Wildman–Crippen MR) is 15.0 cm³/mol. The zero-order valence-electron chi connectivity index (χ0n) is 1.83. The van der Waals surface area contributed by atoms with Crippen LogP contribution >= 0.6 is 0 Å². The van der Waals surface area contributed by atoms with Crippen molar-refractivity contribution in [2.75, 3.05) is 0 Å². The molecule has 29 valence electrons. The Morgan fingerprint density at radius 3 is 1.00 bits per heavy atom. The SMILES string of the molecule is [BaH2].[Cr].[Cu].[Mg+2].[O-2]. The maximum Gasteiger partial charge on any atom is 2.00 e. The first kappa shape index (κ1) is 40.2. The Labute approximate surface area is 109 Å². The van der Waals surface area contributed by atoms with Crippen molar-refractivity contribution in [2.24, 2.45) is 0 Å². The summed E-state index contributed by atoms with van der Waals surface area (Å²) in [5.74, 6) is 0. The molecule has 0 fully saturated rings. The molecule has 0 atom stereocenters. The average molecular weight is 295 g/mol. The van der Waals surface area contributed by atoms with Crippen molar-refractivity contribution in [3.63, 3.8) is 0 Å². The number of hydrogen-bond donors (Lipinski definition) is 0. The molecule has 5 heteroatoms. The molecule has 0 aromatic rings. The molecule has 0 aromatic heterocycles. The Morgan fingerprint density at radius 2 is 1.00 bits per heavy atom. The average Bonchev–Trinajstić information content (AvgIpc) is 0. The van der Waals surface area contributed by atoms with Gasteiger partial charge in [0, 0.05) is 34.4 Å². The molecule has 0 aromatic carbocycles. The summed E-state index contributed by atoms with van der Waals surface area (Å²) in [5.41, 5.74) is 0. The van der Waals surface area contributed by atoms with E-state index in [1.807, 2.05) is 0 Å². The third-order valence-electron chi connectivity index (χ3n) is 0. The fourth-order valence-electron chi connectivity index (χ4n) is 0. The molecule has 0 aliphatic carbocycles. The van der Waals surface area contributed by atoms with Gasteiger partial charge in [-0.3, -0.25) is 0 Å². The molecule has 0 unspecified atom stereocenters. The van der Waals surface area contributed by atoms with Crippen LogP contribution in [0.15, 0.2) is 0 Å². The van der Waals surface area contributed by atoms with Crippen molar-refractivity contribution in [3.05, 3.63) is 0 Å². The van der Waals surface area contributed by atoms with Crippen molar-refractivity contribution < 1.29 is 39.9 Å². The Kier molecular flexibility index (Phi) is 212. The predicted octanol–water partition coefficient (Wildman–Crippen LogP) is -1.42. The first-order valence-electron chi connectivity index (χ1n) is 0. The first-order valence-corrected chi connectivity index (χ1v) is 0. The van der Waals surface area contributed by atoms with Gasteiger partial charge in [0.15, 0.2) is 0 Å². The fourth-order valence-corrected chi connectivity index (χ4v) is 0. The van der Waals surface area contributed by atoms with Gasteiger partial charge in [0.2, 0.25) is 0 Å². The molecule has 0 aliphatic heterocycles. The number of rotatable bonds is 0. The van der Waals surface area contributed by atoms with E-state index in [1.165, 1.54) is 0 Å². The largest absolute Gasteiger partial charge is 2.00 e. The summed E-state index contributed by atoms with van der Waals surface area (Å²) in [7, 11) is 0. The monoisotopic (exact) mass is 295 g/mol. The molecule has 5 heavy (non-hydrogen) atoms. The van der Waals surface area contributed by atoms with Crippen molar-refractivity contribution in [3.8, 4) is 0 Å². The van der Waals surface area contributed by atoms with Crippen LogP contribution in [0.2, 0.25) is 0 Å². The standard InChI is InChI=1S/Ba.Cr.Cu.Mg.O.2H/q;;;+2;-2;;. The zero-order valence-corrected chi connectivity index (χ0v) is 5.46. The van der Waals surface area contributed by atoms with Crippen LogP contribution in [0.5, 0.6) is 0 Å². The van der Waals surface area contributed by atoms with E-state index in [-0.39, 0.29) is 112 Å². The molecule has 0 aliphatic rings. The summed E-state index contributed by atoms with van der Waals surface area (Å²) in [4.78, 5) is 0. The van der Waals surface area contributed by atoms with Crippen molar-refractivity contribution in [1.82, 2.24) is 0 Å². The van der Waals surface area contributed by atoms with E-state index in [1.54, 1.807) is 0 Å². The van der Waals surface area contributed by atoms with Gasteiger partial charge < -0.3 is 5.48 Å². The molecule has 0 saturated carbocycles. The van der Waals surface area contributed by atoms with Crippen LogP contribution < -0.4 is 0 Å². The van der Waals surface area contributed by atoms with Crippen molar-refractivity contribution in [1.29, 1.82) is 0 Å². The Bertz CT molecular complexity index is 11.6. The van der Waals surface area contributed by atoms with E-state index in [0.717, 1.165) is 0 Å². The summed E-state index contributed by atoms with van der Waals surface area (Å²) in [5, 5.41) is 0. The molecular weight excluding hydrogens is 293 g/mol. The van der Waals surface area contributed by atoms with Gasteiger partial charge in [-0.2, -0.15) is 0 Å². The second-order valence-electron chi connectivity index (χ2n) is 0. The molecule has 1 radical (unpaired) electrons. The van der Waals surface area contributed by atoms with Gasteiger partial charge in [-0.05, 0) is 0 Å². The quantitative estimate of drug-likeness (QED) is 0.491. The summed E-state index contributed by atoms with van der Waals surface area (Å²) < 4.78 is 0. The molecule has 0 amide bonds. The van der Waals surface area contributed by atoms with Crippen LogP contribution in [0.1, 0.15) is 0 Å². The van der Waals surface area contributed by atoms with E-state index in [9.17, 15) is 0 Å². The smallest absolute Gasteiger partial charge is 2.00 e. The Hall–Kier alpha value is 3.35. The summed E-state index contributed by atoms with van der Waals surface area (Å²) in [6, 6.07) is 0. The van der Waals surface area contributed by atoms with Crippen molar-refractivity contribution in [2.45, 2.75) is 0 Å². The number of hydrogen-bond acceptors (Lipinski definition) is 0. The van der Waals surface area contributed by atoms with Crippen LogP contribution in [-0.4, -0.2) is 71.9 Å². The minimum Gasteiger partial charge on any atom is -2.00 e. The van der Waals surface area contributed by atoms with Crippen LogP contribution in [0.3, 0.4) is 0 Å². The molecule has 0 rings (SSSR count).